The third kappa shape index (κ3) is 3.22. The molecule has 88 valence electrons. The summed E-state index contributed by atoms with van der Waals surface area (Å²) in [7, 11) is 0. The minimum Gasteiger partial charge on any atom is -0.486 e. The van der Waals surface area contributed by atoms with Crippen LogP contribution in [0.3, 0.4) is 0 Å². The number of benzene rings is 1. The van der Waals surface area contributed by atoms with Gasteiger partial charge in [0.2, 0.25) is 0 Å². The molecular formula is C11H7Cl3N2O. The summed E-state index contributed by atoms with van der Waals surface area (Å²) in [5.74, 6) is 0.510. The molecule has 0 aliphatic carbocycles. The summed E-state index contributed by atoms with van der Waals surface area (Å²) in [4.78, 5) is 0. The van der Waals surface area contributed by atoms with Gasteiger partial charge in [-0.15, -0.1) is 5.10 Å². The smallest absolute Gasteiger partial charge is 0.151 e. The fourth-order valence-corrected chi connectivity index (χ4v) is 1.61. The molecule has 17 heavy (non-hydrogen) atoms. The number of ether oxygens (including phenoxy) is 1. The normalized spacial score (nSPS) is 10.3. The van der Waals surface area contributed by atoms with Gasteiger partial charge in [0, 0.05) is 0 Å². The topological polar surface area (TPSA) is 35.0 Å². The summed E-state index contributed by atoms with van der Waals surface area (Å²) in [6, 6.07) is 8.56. The number of rotatable bonds is 3. The molecule has 0 spiro atoms. The van der Waals surface area contributed by atoms with E-state index in [4.69, 9.17) is 39.5 Å². The van der Waals surface area contributed by atoms with Gasteiger partial charge in [-0.2, -0.15) is 5.10 Å². The first-order valence-electron chi connectivity index (χ1n) is 4.72. The average Bonchev–Trinajstić information content (AvgIpc) is 2.33. The third-order valence-corrected chi connectivity index (χ3v) is 2.98. The maximum Gasteiger partial charge on any atom is 0.151 e. The fraction of sp³-hybridized carbons (Fsp3) is 0.0909. The van der Waals surface area contributed by atoms with E-state index < -0.39 is 0 Å². The number of hydrogen-bond acceptors (Lipinski definition) is 3. The van der Waals surface area contributed by atoms with Gasteiger partial charge in [0.25, 0.3) is 0 Å². The molecule has 6 heteroatoms. The van der Waals surface area contributed by atoms with Crippen molar-refractivity contribution in [3.63, 3.8) is 0 Å². The van der Waals surface area contributed by atoms with Crippen molar-refractivity contribution in [1.29, 1.82) is 0 Å². The molecule has 3 nitrogen and oxygen atoms in total. The second kappa shape index (κ2) is 5.54. The van der Waals surface area contributed by atoms with Crippen molar-refractivity contribution in [1.82, 2.24) is 10.2 Å². The summed E-state index contributed by atoms with van der Waals surface area (Å²) < 4.78 is 5.48. The standard InChI is InChI=1S/C11H7Cl3N2O/c12-8-2-1-3-9(11(8)14)17-6-7-4-5-10(13)16-15-7/h1-5H,6H2. The van der Waals surface area contributed by atoms with E-state index in [9.17, 15) is 0 Å². The molecule has 0 N–H and O–H groups in total. The molecule has 2 aromatic rings. The highest BCUT2D eigenvalue weighted by atomic mass is 35.5. The zero-order chi connectivity index (χ0) is 12.3. The Hall–Kier alpha value is -1.03. The Kier molecular flexibility index (Phi) is 4.05. The molecule has 0 atom stereocenters. The van der Waals surface area contributed by atoms with E-state index in [0.717, 1.165) is 0 Å². The van der Waals surface area contributed by atoms with Crippen LogP contribution in [0, 0.1) is 0 Å². The maximum atomic E-state index is 5.97. The van der Waals surface area contributed by atoms with E-state index in [0.29, 0.717) is 26.6 Å². The molecule has 0 aliphatic heterocycles. The summed E-state index contributed by atoms with van der Waals surface area (Å²) >= 11 is 17.5. The molecule has 0 unspecified atom stereocenters. The van der Waals surface area contributed by atoms with Crippen LogP contribution < -0.4 is 4.74 Å². The SMILES string of the molecule is Clc1ccc(COc2cccc(Cl)c2Cl)nn1. The highest BCUT2D eigenvalue weighted by Crippen LogP contribution is 2.31. The molecule has 0 saturated carbocycles. The first kappa shape index (κ1) is 12.4. The summed E-state index contributed by atoms with van der Waals surface area (Å²) in [5.41, 5.74) is 0.658. The summed E-state index contributed by atoms with van der Waals surface area (Å²) in [6.45, 7) is 0.254. The van der Waals surface area contributed by atoms with Crippen molar-refractivity contribution in [2.24, 2.45) is 0 Å². The summed E-state index contributed by atoms with van der Waals surface area (Å²) in [6.07, 6.45) is 0. The monoisotopic (exact) mass is 288 g/mol. The average molecular weight is 290 g/mol. The van der Waals surface area contributed by atoms with Gasteiger partial charge in [-0.05, 0) is 24.3 Å². The third-order valence-electron chi connectivity index (χ3n) is 1.98. The summed E-state index contributed by atoms with van der Waals surface area (Å²) in [5, 5.41) is 8.75. The fourth-order valence-electron chi connectivity index (χ4n) is 1.17. The van der Waals surface area contributed by atoms with Crippen LogP contribution in [0.15, 0.2) is 30.3 Å². The van der Waals surface area contributed by atoms with Crippen LogP contribution in [0.1, 0.15) is 5.69 Å². The predicted molar refractivity (Wildman–Crippen MR) is 67.8 cm³/mol. The Balaban J connectivity index is 2.07. The van der Waals surface area contributed by atoms with E-state index in [2.05, 4.69) is 10.2 Å². The number of halogens is 3. The lowest BCUT2D eigenvalue weighted by molar-refractivity contribution is 0.300. The highest BCUT2D eigenvalue weighted by Gasteiger charge is 2.06. The maximum absolute atomic E-state index is 5.97. The van der Waals surface area contributed by atoms with Crippen LogP contribution >= 0.6 is 34.8 Å². The van der Waals surface area contributed by atoms with Crippen LogP contribution in [0.2, 0.25) is 15.2 Å². The molecule has 0 bridgehead atoms. The van der Waals surface area contributed by atoms with Gasteiger partial charge in [-0.1, -0.05) is 40.9 Å². The highest BCUT2D eigenvalue weighted by molar-refractivity contribution is 6.42. The van der Waals surface area contributed by atoms with Crippen molar-refractivity contribution in [3.8, 4) is 5.75 Å². The first-order chi connectivity index (χ1) is 8.16. The van der Waals surface area contributed by atoms with Crippen molar-refractivity contribution < 1.29 is 4.74 Å². The predicted octanol–water partition coefficient (Wildman–Crippen LogP) is 4.02. The second-order valence-electron chi connectivity index (χ2n) is 3.19. The number of aromatic nitrogens is 2. The van der Waals surface area contributed by atoms with Gasteiger partial charge in [-0.3, -0.25) is 0 Å². The van der Waals surface area contributed by atoms with E-state index in [1.54, 1.807) is 30.3 Å². The Morgan fingerprint density at radius 2 is 1.82 bits per heavy atom. The zero-order valence-electron chi connectivity index (χ0n) is 8.53. The Labute approximate surface area is 113 Å². The van der Waals surface area contributed by atoms with E-state index in [1.807, 2.05) is 0 Å². The molecule has 0 aliphatic rings. The van der Waals surface area contributed by atoms with E-state index in [-0.39, 0.29) is 6.61 Å². The quantitative estimate of drug-likeness (QED) is 0.856. The van der Waals surface area contributed by atoms with Gasteiger partial charge >= 0.3 is 0 Å². The number of hydrogen-bond donors (Lipinski definition) is 0. The first-order valence-corrected chi connectivity index (χ1v) is 5.85. The van der Waals surface area contributed by atoms with Crippen molar-refractivity contribution >= 4 is 34.8 Å². The van der Waals surface area contributed by atoms with Gasteiger partial charge in [-0.25, -0.2) is 0 Å². The lowest BCUT2D eigenvalue weighted by Gasteiger charge is -2.07. The second-order valence-corrected chi connectivity index (χ2v) is 4.36. The van der Waals surface area contributed by atoms with Gasteiger partial charge < -0.3 is 4.74 Å². The lowest BCUT2D eigenvalue weighted by Crippen LogP contribution is -1.99. The van der Waals surface area contributed by atoms with Crippen molar-refractivity contribution in [2.75, 3.05) is 0 Å². The molecule has 0 saturated heterocycles. The largest absolute Gasteiger partial charge is 0.486 e. The van der Waals surface area contributed by atoms with E-state index >= 15 is 0 Å². The molecule has 0 fully saturated rings. The van der Waals surface area contributed by atoms with E-state index in [1.165, 1.54) is 0 Å². The minimum absolute atomic E-state index is 0.254. The molecule has 1 aromatic heterocycles. The zero-order valence-corrected chi connectivity index (χ0v) is 10.8. The van der Waals surface area contributed by atoms with Crippen LogP contribution in [0.25, 0.3) is 0 Å². The molecule has 1 heterocycles. The molecule has 2 rings (SSSR count). The Morgan fingerprint density at radius 1 is 1.00 bits per heavy atom. The number of nitrogens with zero attached hydrogens (tertiary/aromatic N) is 2. The Bertz CT molecular complexity index is 517. The van der Waals surface area contributed by atoms with Gasteiger partial charge in [0.05, 0.1) is 5.02 Å². The lowest BCUT2D eigenvalue weighted by atomic mass is 10.3. The van der Waals surface area contributed by atoms with Crippen LogP contribution in [0.4, 0.5) is 0 Å². The molecule has 0 radical (unpaired) electrons. The molecular weight excluding hydrogens is 282 g/mol. The van der Waals surface area contributed by atoms with Gasteiger partial charge in [0.15, 0.2) is 5.15 Å². The molecule has 0 amide bonds. The van der Waals surface area contributed by atoms with Gasteiger partial charge in [0.1, 0.15) is 23.1 Å². The van der Waals surface area contributed by atoms with Crippen molar-refractivity contribution in [2.45, 2.75) is 6.61 Å². The molecule has 1 aromatic carbocycles. The van der Waals surface area contributed by atoms with Crippen LogP contribution in [-0.2, 0) is 6.61 Å². The van der Waals surface area contributed by atoms with Crippen LogP contribution in [0.5, 0.6) is 5.75 Å². The van der Waals surface area contributed by atoms with Crippen LogP contribution in [-0.4, -0.2) is 10.2 Å². The van der Waals surface area contributed by atoms with Crippen molar-refractivity contribution in [3.05, 3.63) is 51.2 Å². The minimum atomic E-state index is 0.254. The Morgan fingerprint density at radius 3 is 2.53 bits per heavy atom.